The molecule has 0 radical (unpaired) electrons. The lowest BCUT2D eigenvalue weighted by atomic mass is 9.96. The van der Waals surface area contributed by atoms with Gasteiger partial charge in [-0.2, -0.15) is 0 Å². The van der Waals surface area contributed by atoms with E-state index in [-0.39, 0.29) is 0 Å². The van der Waals surface area contributed by atoms with Crippen molar-refractivity contribution in [1.29, 1.82) is 0 Å². The van der Waals surface area contributed by atoms with E-state index in [4.69, 9.17) is 4.74 Å². The van der Waals surface area contributed by atoms with Gasteiger partial charge < -0.3 is 9.84 Å². The largest absolute Gasteiger partial charge is 0.389 e. The molecule has 3 heteroatoms. The summed E-state index contributed by atoms with van der Waals surface area (Å²) in [7, 11) is 0. The number of ether oxygens (including phenoxy) is 1. The molecular formula is C18H29NO2. The van der Waals surface area contributed by atoms with Gasteiger partial charge in [0, 0.05) is 19.2 Å². The summed E-state index contributed by atoms with van der Waals surface area (Å²) in [4.78, 5) is 2.42. The Kier molecular flexibility index (Phi) is 6.22. The molecule has 1 atom stereocenters. The van der Waals surface area contributed by atoms with Crippen LogP contribution in [-0.4, -0.2) is 48.0 Å². The maximum absolute atomic E-state index is 10.2. The molecule has 1 fully saturated rings. The summed E-state index contributed by atoms with van der Waals surface area (Å²) in [5.41, 5.74) is 0.740. The average Bonchev–Trinajstić information content (AvgIpc) is 2.92. The standard InChI is InChI=1S/C18H29NO2/c1-18(2,20)17-10-6-12-19(17)13-7-14-21-15-11-16-8-4-3-5-9-16/h3-5,8-9,17,20H,6-7,10-15H2,1-2H3. The summed E-state index contributed by atoms with van der Waals surface area (Å²) in [6.45, 7) is 7.58. The summed E-state index contributed by atoms with van der Waals surface area (Å²) < 4.78 is 5.73. The van der Waals surface area contributed by atoms with E-state index in [1.165, 1.54) is 12.0 Å². The van der Waals surface area contributed by atoms with E-state index in [1.807, 2.05) is 19.9 Å². The van der Waals surface area contributed by atoms with E-state index in [0.717, 1.165) is 45.6 Å². The molecule has 1 aromatic rings. The highest BCUT2D eigenvalue weighted by molar-refractivity contribution is 5.14. The fraction of sp³-hybridized carbons (Fsp3) is 0.667. The van der Waals surface area contributed by atoms with Crippen LogP contribution < -0.4 is 0 Å². The molecule has 2 rings (SSSR count). The zero-order valence-corrected chi connectivity index (χ0v) is 13.4. The highest BCUT2D eigenvalue weighted by Crippen LogP contribution is 2.26. The van der Waals surface area contributed by atoms with Crippen LogP contribution in [0, 0.1) is 0 Å². The number of nitrogens with zero attached hydrogens (tertiary/aromatic N) is 1. The monoisotopic (exact) mass is 291 g/mol. The summed E-state index contributed by atoms with van der Waals surface area (Å²) in [6, 6.07) is 10.8. The van der Waals surface area contributed by atoms with E-state index in [9.17, 15) is 5.11 Å². The van der Waals surface area contributed by atoms with Gasteiger partial charge in [0.1, 0.15) is 0 Å². The Morgan fingerprint density at radius 2 is 2.00 bits per heavy atom. The molecule has 0 saturated carbocycles. The summed E-state index contributed by atoms with van der Waals surface area (Å²) in [6.07, 6.45) is 4.33. The predicted molar refractivity (Wildman–Crippen MR) is 86.5 cm³/mol. The van der Waals surface area contributed by atoms with Crippen molar-refractivity contribution in [2.45, 2.75) is 51.2 Å². The Balaban J connectivity index is 1.57. The second-order valence-electron chi connectivity index (χ2n) is 6.55. The molecule has 118 valence electrons. The van der Waals surface area contributed by atoms with Crippen molar-refractivity contribution in [2.75, 3.05) is 26.3 Å². The van der Waals surface area contributed by atoms with Gasteiger partial charge in [-0.3, -0.25) is 4.90 Å². The summed E-state index contributed by atoms with van der Waals surface area (Å²) in [5.74, 6) is 0. The SMILES string of the molecule is CC(C)(O)C1CCCN1CCCOCCc1ccccc1. The lowest BCUT2D eigenvalue weighted by Gasteiger charge is -2.33. The molecule has 1 aromatic carbocycles. The van der Waals surface area contributed by atoms with Crippen molar-refractivity contribution in [3.8, 4) is 0 Å². The van der Waals surface area contributed by atoms with Crippen LogP contribution in [-0.2, 0) is 11.2 Å². The van der Waals surface area contributed by atoms with Gasteiger partial charge in [-0.1, -0.05) is 30.3 Å². The third kappa shape index (κ3) is 5.42. The maximum atomic E-state index is 10.2. The molecule has 0 aliphatic carbocycles. The molecule has 1 N–H and O–H groups in total. The molecule has 1 saturated heterocycles. The van der Waals surface area contributed by atoms with Crippen molar-refractivity contribution in [2.24, 2.45) is 0 Å². The smallest absolute Gasteiger partial charge is 0.0746 e. The van der Waals surface area contributed by atoms with E-state index in [0.29, 0.717) is 6.04 Å². The summed E-state index contributed by atoms with van der Waals surface area (Å²) >= 11 is 0. The molecule has 21 heavy (non-hydrogen) atoms. The maximum Gasteiger partial charge on any atom is 0.0746 e. The third-order valence-electron chi connectivity index (χ3n) is 4.29. The number of aliphatic hydroxyl groups is 1. The van der Waals surface area contributed by atoms with Gasteiger partial charge in [0.2, 0.25) is 0 Å². The normalized spacial score (nSPS) is 20.0. The number of hydrogen-bond acceptors (Lipinski definition) is 3. The Morgan fingerprint density at radius 1 is 1.24 bits per heavy atom. The van der Waals surface area contributed by atoms with Crippen LogP contribution in [0.15, 0.2) is 30.3 Å². The first-order chi connectivity index (χ1) is 10.1. The minimum Gasteiger partial charge on any atom is -0.389 e. The molecule has 1 heterocycles. The van der Waals surface area contributed by atoms with Crippen LogP contribution in [0.25, 0.3) is 0 Å². The Labute approximate surface area is 128 Å². The van der Waals surface area contributed by atoms with Crippen molar-refractivity contribution >= 4 is 0 Å². The van der Waals surface area contributed by atoms with Crippen LogP contribution in [0.5, 0.6) is 0 Å². The van der Waals surface area contributed by atoms with E-state index in [1.54, 1.807) is 0 Å². The topological polar surface area (TPSA) is 32.7 Å². The average molecular weight is 291 g/mol. The molecule has 0 amide bonds. The Bertz CT molecular complexity index is 399. The molecule has 1 aliphatic heterocycles. The quantitative estimate of drug-likeness (QED) is 0.748. The lowest BCUT2D eigenvalue weighted by Crippen LogP contribution is -2.46. The van der Waals surface area contributed by atoms with Crippen LogP contribution in [0.3, 0.4) is 0 Å². The second-order valence-corrected chi connectivity index (χ2v) is 6.55. The van der Waals surface area contributed by atoms with Gasteiger partial charge >= 0.3 is 0 Å². The predicted octanol–water partition coefficient (Wildman–Crippen LogP) is 2.87. The zero-order chi connectivity index (χ0) is 15.1. The van der Waals surface area contributed by atoms with Crippen LogP contribution in [0.4, 0.5) is 0 Å². The first-order valence-corrected chi connectivity index (χ1v) is 8.15. The van der Waals surface area contributed by atoms with Crippen molar-refractivity contribution in [3.05, 3.63) is 35.9 Å². The zero-order valence-electron chi connectivity index (χ0n) is 13.4. The molecule has 1 aliphatic rings. The number of likely N-dealkylation sites (tertiary alicyclic amines) is 1. The van der Waals surface area contributed by atoms with Crippen molar-refractivity contribution < 1.29 is 9.84 Å². The van der Waals surface area contributed by atoms with Gasteiger partial charge in [0.05, 0.1) is 12.2 Å². The highest BCUT2D eigenvalue weighted by atomic mass is 16.5. The minimum absolute atomic E-state index is 0.307. The van der Waals surface area contributed by atoms with Crippen LogP contribution in [0.2, 0.25) is 0 Å². The number of benzene rings is 1. The number of rotatable bonds is 8. The van der Waals surface area contributed by atoms with Crippen molar-refractivity contribution in [3.63, 3.8) is 0 Å². The van der Waals surface area contributed by atoms with Crippen molar-refractivity contribution in [1.82, 2.24) is 4.90 Å². The minimum atomic E-state index is -0.593. The first-order valence-electron chi connectivity index (χ1n) is 8.15. The fourth-order valence-corrected chi connectivity index (χ4v) is 3.20. The molecule has 3 nitrogen and oxygen atoms in total. The Hall–Kier alpha value is -0.900. The molecule has 1 unspecified atom stereocenters. The van der Waals surface area contributed by atoms with Gasteiger partial charge in [-0.05, 0) is 51.6 Å². The van der Waals surface area contributed by atoms with E-state index >= 15 is 0 Å². The number of hydrogen-bond donors (Lipinski definition) is 1. The van der Waals surface area contributed by atoms with Gasteiger partial charge in [0.25, 0.3) is 0 Å². The van der Waals surface area contributed by atoms with E-state index < -0.39 is 5.60 Å². The van der Waals surface area contributed by atoms with Gasteiger partial charge in [0.15, 0.2) is 0 Å². The fourth-order valence-electron chi connectivity index (χ4n) is 3.20. The Morgan fingerprint density at radius 3 is 2.71 bits per heavy atom. The molecule has 0 bridgehead atoms. The van der Waals surface area contributed by atoms with Gasteiger partial charge in [-0.25, -0.2) is 0 Å². The second kappa shape index (κ2) is 7.92. The third-order valence-corrected chi connectivity index (χ3v) is 4.29. The van der Waals surface area contributed by atoms with Crippen LogP contribution in [0.1, 0.15) is 38.7 Å². The molecular weight excluding hydrogens is 262 g/mol. The van der Waals surface area contributed by atoms with E-state index in [2.05, 4.69) is 29.2 Å². The lowest BCUT2D eigenvalue weighted by molar-refractivity contribution is -0.00509. The van der Waals surface area contributed by atoms with Crippen LogP contribution >= 0.6 is 0 Å². The first kappa shape index (κ1) is 16.5. The molecule has 0 spiro atoms. The highest BCUT2D eigenvalue weighted by Gasteiger charge is 2.35. The van der Waals surface area contributed by atoms with Gasteiger partial charge in [-0.15, -0.1) is 0 Å². The molecule has 0 aromatic heterocycles. The summed E-state index contributed by atoms with van der Waals surface area (Å²) in [5, 5.41) is 10.2.